The van der Waals surface area contributed by atoms with E-state index in [1.54, 1.807) is 7.05 Å². The van der Waals surface area contributed by atoms with Crippen LogP contribution in [0.3, 0.4) is 0 Å². The van der Waals surface area contributed by atoms with Gasteiger partial charge in [-0.05, 0) is 52.4 Å². The molecule has 0 aromatic heterocycles. The number of carbonyl (C=O) groups is 3. The lowest BCUT2D eigenvalue weighted by atomic mass is 10.0. The fraction of sp³-hybridized carbons (Fsp3) is 0.810. The fourth-order valence-electron chi connectivity index (χ4n) is 3.95. The highest BCUT2D eigenvalue weighted by atomic mass is 16.6. The number of nitrogens with one attached hydrogen (secondary N) is 2. The Bertz CT molecular complexity index is 691. The maximum absolute atomic E-state index is 12.8. The molecular formula is C21H36N6O4. The van der Waals surface area contributed by atoms with E-state index in [-0.39, 0.29) is 30.6 Å². The molecule has 3 fully saturated rings. The number of nitrogens with zero attached hydrogens (tertiary/aromatic N) is 4. The summed E-state index contributed by atoms with van der Waals surface area (Å²) in [5.74, 6) is 1.14. The highest BCUT2D eigenvalue weighted by molar-refractivity contribution is 6.01. The van der Waals surface area contributed by atoms with Gasteiger partial charge >= 0.3 is 12.1 Å². The van der Waals surface area contributed by atoms with Crippen molar-refractivity contribution in [3.63, 3.8) is 0 Å². The van der Waals surface area contributed by atoms with Crippen LogP contribution >= 0.6 is 0 Å². The van der Waals surface area contributed by atoms with Gasteiger partial charge in [-0.3, -0.25) is 14.7 Å². The molecule has 2 saturated heterocycles. The first-order chi connectivity index (χ1) is 14.7. The smallest absolute Gasteiger partial charge is 0.410 e. The van der Waals surface area contributed by atoms with Crippen LogP contribution in [0.4, 0.5) is 9.59 Å². The van der Waals surface area contributed by atoms with E-state index in [1.807, 2.05) is 25.7 Å². The van der Waals surface area contributed by atoms with Crippen LogP contribution in [0.5, 0.6) is 0 Å². The molecule has 0 radical (unpaired) electrons. The fourth-order valence-corrected chi connectivity index (χ4v) is 3.95. The Balaban J connectivity index is 1.49. The van der Waals surface area contributed by atoms with Gasteiger partial charge in [0.15, 0.2) is 5.96 Å². The first kappa shape index (κ1) is 23.1. The molecule has 2 heterocycles. The van der Waals surface area contributed by atoms with E-state index in [4.69, 9.17) is 4.74 Å². The second kappa shape index (κ2) is 9.74. The lowest BCUT2D eigenvalue weighted by Crippen LogP contribution is -2.53. The van der Waals surface area contributed by atoms with Crippen molar-refractivity contribution in [1.29, 1.82) is 0 Å². The number of aliphatic imine (C=N–C) groups is 1. The molecule has 10 heteroatoms. The second-order valence-electron chi connectivity index (χ2n) is 9.47. The van der Waals surface area contributed by atoms with Crippen LogP contribution in [-0.2, 0) is 9.53 Å². The molecule has 3 rings (SSSR count). The summed E-state index contributed by atoms with van der Waals surface area (Å²) in [5, 5.41) is 5.76. The zero-order valence-electron chi connectivity index (χ0n) is 19.1. The van der Waals surface area contributed by atoms with E-state index in [2.05, 4.69) is 20.5 Å². The maximum Gasteiger partial charge on any atom is 0.410 e. The summed E-state index contributed by atoms with van der Waals surface area (Å²) >= 11 is 0. The summed E-state index contributed by atoms with van der Waals surface area (Å²) < 4.78 is 5.67. The van der Waals surface area contributed by atoms with Gasteiger partial charge in [0.1, 0.15) is 5.60 Å². The zero-order valence-corrected chi connectivity index (χ0v) is 19.1. The largest absolute Gasteiger partial charge is 0.444 e. The Morgan fingerprint density at radius 3 is 2.42 bits per heavy atom. The van der Waals surface area contributed by atoms with Crippen LogP contribution in [0.25, 0.3) is 0 Å². The minimum Gasteiger partial charge on any atom is -0.444 e. The predicted octanol–water partition coefficient (Wildman–Crippen LogP) is 1.23. The number of hydrogen-bond acceptors (Lipinski definition) is 5. The molecule has 1 aliphatic carbocycles. The first-order valence-electron chi connectivity index (χ1n) is 11.2. The van der Waals surface area contributed by atoms with Crippen molar-refractivity contribution in [3.05, 3.63) is 0 Å². The first-order valence-corrected chi connectivity index (χ1v) is 11.2. The minimum atomic E-state index is -0.501. The third-order valence-corrected chi connectivity index (χ3v) is 5.75. The average Bonchev–Trinajstić information content (AvgIpc) is 3.48. The topological polar surface area (TPSA) is 107 Å². The Hall–Kier alpha value is -2.52. The van der Waals surface area contributed by atoms with Gasteiger partial charge in [-0.15, -0.1) is 0 Å². The van der Waals surface area contributed by atoms with E-state index in [0.717, 1.165) is 38.4 Å². The van der Waals surface area contributed by atoms with Crippen molar-refractivity contribution in [2.75, 3.05) is 46.3 Å². The number of piperidine rings is 1. The lowest BCUT2D eigenvalue weighted by Gasteiger charge is -2.40. The van der Waals surface area contributed by atoms with Crippen LogP contribution in [0, 0.1) is 5.92 Å². The molecule has 2 N–H and O–H groups in total. The zero-order chi connectivity index (χ0) is 22.6. The summed E-state index contributed by atoms with van der Waals surface area (Å²) in [7, 11) is 1.72. The van der Waals surface area contributed by atoms with Gasteiger partial charge in [0, 0.05) is 45.8 Å². The Kier molecular flexibility index (Phi) is 7.27. The molecule has 0 unspecified atom stereocenters. The van der Waals surface area contributed by atoms with Gasteiger partial charge in [-0.25, -0.2) is 9.59 Å². The van der Waals surface area contributed by atoms with Crippen LogP contribution < -0.4 is 10.6 Å². The summed E-state index contributed by atoms with van der Waals surface area (Å²) in [4.78, 5) is 45.8. The monoisotopic (exact) mass is 436 g/mol. The SMILES string of the molecule is CN=C(NCCN1C(=O)CNC1=O)N1CCC(N(CC2CC2)C(=O)OC(C)(C)C)CC1. The van der Waals surface area contributed by atoms with Gasteiger partial charge in [-0.1, -0.05) is 0 Å². The number of amides is 4. The molecule has 3 aliphatic rings. The molecule has 174 valence electrons. The maximum atomic E-state index is 12.8. The van der Waals surface area contributed by atoms with Gasteiger partial charge in [0.2, 0.25) is 5.91 Å². The molecule has 31 heavy (non-hydrogen) atoms. The minimum absolute atomic E-state index is 0.0656. The van der Waals surface area contributed by atoms with Crippen molar-refractivity contribution in [2.45, 2.75) is 58.1 Å². The number of likely N-dealkylation sites (tertiary alicyclic amines) is 1. The predicted molar refractivity (Wildman–Crippen MR) is 117 cm³/mol. The average molecular weight is 437 g/mol. The van der Waals surface area contributed by atoms with Crippen LogP contribution in [-0.4, -0.2) is 96.6 Å². The summed E-state index contributed by atoms with van der Waals surface area (Å²) in [6, 6.07) is -0.184. The highest BCUT2D eigenvalue weighted by Gasteiger charge is 2.36. The normalized spacial score (nSPS) is 20.7. The quantitative estimate of drug-likeness (QED) is 0.368. The van der Waals surface area contributed by atoms with E-state index in [0.29, 0.717) is 19.0 Å². The highest BCUT2D eigenvalue weighted by Crippen LogP contribution is 2.32. The Labute approximate surface area is 184 Å². The molecule has 0 spiro atoms. The molecule has 2 aliphatic heterocycles. The van der Waals surface area contributed by atoms with E-state index < -0.39 is 5.60 Å². The molecule has 0 aromatic rings. The summed E-state index contributed by atoms with van der Waals surface area (Å²) in [6.07, 6.45) is 3.85. The number of guanidine groups is 1. The number of carbonyl (C=O) groups excluding carboxylic acids is 3. The van der Waals surface area contributed by atoms with Crippen molar-refractivity contribution in [2.24, 2.45) is 10.9 Å². The Morgan fingerprint density at radius 2 is 1.90 bits per heavy atom. The molecule has 0 bridgehead atoms. The second-order valence-corrected chi connectivity index (χ2v) is 9.47. The van der Waals surface area contributed by atoms with Crippen molar-refractivity contribution in [3.8, 4) is 0 Å². The standard InChI is InChI=1S/C21H36N6O4/c1-21(2,3)31-20(30)27(14-15-5-6-15)16-7-10-25(11-8-16)18(22-4)23-9-12-26-17(28)13-24-19(26)29/h15-16H,5-14H2,1-4H3,(H,22,23)(H,24,29). The molecule has 4 amide bonds. The number of rotatable bonds is 6. The third-order valence-electron chi connectivity index (χ3n) is 5.75. The van der Waals surface area contributed by atoms with Crippen LogP contribution in [0.15, 0.2) is 4.99 Å². The Morgan fingerprint density at radius 1 is 1.23 bits per heavy atom. The van der Waals surface area contributed by atoms with Crippen molar-refractivity contribution < 1.29 is 19.1 Å². The molecule has 0 atom stereocenters. The molecule has 10 nitrogen and oxygen atoms in total. The van der Waals surface area contributed by atoms with Gasteiger partial charge in [0.25, 0.3) is 0 Å². The van der Waals surface area contributed by atoms with Crippen LogP contribution in [0.2, 0.25) is 0 Å². The summed E-state index contributed by atoms with van der Waals surface area (Å²) in [5.41, 5.74) is -0.501. The van der Waals surface area contributed by atoms with E-state index in [1.165, 1.54) is 17.7 Å². The molecular weight excluding hydrogens is 400 g/mol. The molecule has 0 aromatic carbocycles. The number of ether oxygens (including phenoxy) is 1. The van der Waals surface area contributed by atoms with Gasteiger partial charge in [0.05, 0.1) is 6.54 Å². The van der Waals surface area contributed by atoms with Crippen molar-refractivity contribution in [1.82, 2.24) is 25.3 Å². The number of urea groups is 1. The van der Waals surface area contributed by atoms with Gasteiger partial charge < -0.3 is 25.2 Å². The summed E-state index contributed by atoms with van der Waals surface area (Å²) in [6.45, 7) is 8.84. The van der Waals surface area contributed by atoms with Crippen molar-refractivity contribution >= 4 is 24.0 Å². The number of imide groups is 1. The third kappa shape index (κ3) is 6.48. The van der Waals surface area contributed by atoms with Gasteiger partial charge in [-0.2, -0.15) is 0 Å². The van der Waals surface area contributed by atoms with E-state index in [9.17, 15) is 14.4 Å². The lowest BCUT2D eigenvalue weighted by molar-refractivity contribution is -0.124. The van der Waals surface area contributed by atoms with E-state index >= 15 is 0 Å². The number of hydrogen-bond donors (Lipinski definition) is 2. The molecule has 1 saturated carbocycles. The van der Waals surface area contributed by atoms with Crippen LogP contribution in [0.1, 0.15) is 46.5 Å².